The van der Waals surface area contributed by atoms with E-state index in [0.29, 0.717) is 12.3 Å². The standard InChI is InChI=1S/C15H22N4O2.HI/c1-17-15(18-8-11-5-6-11)19-9-12-3-2-4-13(7-12)21-10-14(16)20;/h2-4,7,11H,5-6,8-10H2,1H3,(H2,16,20)(H2,17,18,19);1H. The summed E-state index contributed by atoms with van der Waals surface area (Å²) in [6, 6.07) is 7.54. The number of nitrogens with one attached hydrogen (secondary N) is 2. The van der Waals surface area contributed by atoms with E-state index in [0.717, 1.165) is 24.0 Å². The molecule has 0 unspecified atom stereocenters. The van der Waals surface area contributed by atoms with Gasteiger partial charge in [0.15, 0.2) is 12.6 Å². The van der Waals surface area contributed by atoms with E-state index in [4.69, 9.17) is 10.5 Å². The highest BCUT2D eigenvalue weighted by Crippen LogP contribution is 2.27. The van der Waals surface area contributed by atoms with Crippen molar-refractivity contribution in [2.75, 3.05) is 20.2 Å². The predicted molar refractivity (Wildman–Crippen MR) is 97.5 cm³/mol. The molecule has 1 fully saturated rings. The molecule has 122 valence electrons. The first-order chi connectivity index (χ1) is 10.2. The molecule has 1 amide bonds. The summed E-state index contributed by atoms with van der Waals surface area (Å²) in [5.41, 5.74) is 6.10. The fourth-order valence-corrected chi connectivity index (χ4v) is 1.87. The first-order valence-corrected chi connectivity index (χ1v) is 7.12. The van der Waals surface area contributed by atoms with Crippen LogP contribution in [0.2, 0.25) is 0 Å². The first kappa shape index (κ1) is 18.5. The fourth-order valence-electron chi connectivity index (χ4n) is 1.87. The maximum atomic E-state index is 10.7. The molecule has 2 rings (SSSR count). The van der Waals surface area contributed by atoms with Crippen LogP contribution in [-0.2, 0) is 11.3 Å². The molecule has 1 aromatic rings. The van der Waals surface area contributed by atoms with Crippen molar-refractivity contribution in [2.24, 2.45) is 16.6 Å². The Morgan fingerprint density at radius 2 is 2.18 bits per heavy atom. The zero-order valence-electron chi connectivity index (χ0n) is 12.7. The molecule has 22 heavy (non-hydrogen) atoms. The van der Waals surface area contributed by atoms with Gasteiger partial charge in [-0.25, -0.2) is 0 Å². The molecule has 6 nitrogen and oxygen atoms in total. The summed E-state index contributed by atoms with van der Waals surface area (Å²) in [5.74, 6) is 1.75. The number of amides is 1. The molecule has 1 saturated carbocycles. The smallest absolute Gasteiger partial charge is 0.255 e. The van der Waals surface area contributed by atoms with Crippen molar-refractivity contribution in [2.45, 2.75) is 19.4 Å². The fraction of sp³-hybridized carbons (Fsp3) is 0.467. The number of hydrogen-bond acceptors (Lipinski definition) is 3. The van der Waals surface area contributed by atoms with Crippen LogP contribution in [0.5, 0.6) is 5.75 Å². The van der Waals surface area contributed by atoms with Gasteiger partial charge < -0.3 is 21.1 Å². The lowest BCUT2D eigenvalue weighted by molar-refractivity contribution is -0.119. The minimum absolute atomic E-state index is 0. The van der Waals surface area contributed by atoms with Crippen molar-refractivity contribution in [3.05, 3.63) is 29.8 Å². The van der Waals surface area contributed by atoms with Gasteiger partial charge in [0.2, 0.25) is 0 Å². The highest BCUT2D eigenvalue weighted by molar-refractivity contribution is 14.0. The number of carbonyl (C=O) groups excluding carboxylic acids is 1. The number of hydrogen-bond donors (Lipinski definition) is 3. The molecule has 0 radical (unpaired) electrons. The van der Waals surface area contributed by atoms with E-state index in [-0.39, 0.29) is 30.6 Å². The Hall–Kier alpha value is -1.51. The van der Waals surface area contributed by atoms with Gasteiger partial charge in [0.1, 0.15) is 5.75 Å². The van der Waals surface area contributed by atoms with Gasteiger partial charge in [-0.3, -0.25) is 9.79 Å². The molecule has 0 saturated heterocycles. The van der Waals surface area contributed by atoms with Crippen molar-refractivity contribution in [3.63, 3.8) is 0 Å². The van der Waals surface area contributed by atoms with Gasteiger partial charge >= 0.3 is 0 Å². The second-order valence-corrected chi connectivity index (χ2v) is 5.15. The first-order valence-electron chi connectivity index (χ1n) is 7.12. The monoisotopic (exact) mass is 418 g/mol. The number of nitrogens with two attached hydrogens (primary N) is 1. The van der Waals surface area contributed by atoms with Crippen molar-refractivity contribution in [1.82, 2.24) is 10.6 Å². The third kappa shape index (κ3) is 6.97. The average molecular weight is 418 g/mol. The molecule has 0 spiro atoms. The third-order valence-electron chi connectivity index (χ3n) is 3.22. The van der Waals surface area contributed by atoms with Crippen molar-refractivity contribution in [1.29, 1.82) is 0 Å². The summed E-state index contributed by atoms with van der Waals surface area (Å²) in [6.07, 6.45) is 2.62. The van der Waals surface area contributed by atoms with E-state index >= 15 is 0 Å². The van der Waals surface area contributed by atoms with Crippen LogP contribution in [0.25, 0.3) is 0 Å². The summed E-state index contributed by atoms with van der Waals surface area (Å²) >= 11 is 0. The molecule has 0 bridgehead atoms. The summed E-state index contributed by atoms with van der Waals surface area (Å²) in [5, 5.41) is 6.56. The Morgan fingerprint density at radius 1 is 1.41 bits per heavy atom. The largest absolute Gasteiger partial charge is 0.484 e. The number of rotatable bonds is 7. The zero-order chi connectivity index (χ0) is 15.1. The van der Waals surface area contributed by atoms with Gasteiger partial charge in [0, 0.05) is 20.1 Å². The number of ether oxygens (including phenoxy) is 1. The quantitative estimate of drug-likeness (QED) is 0.353. The Balaban J connectivity index is 0.00000242. The van der Waals surface area contributed by atoms with Gasteiger partial charge in [0.25, 0.3) is 5.91 Å². The van der Waals surface area contributed by atoms with E-state index < -0.39 is 5.91 Å². The van der Waals surface area contributed by atoms with Crippen molar-refractivity contribution >= 4 is 35.8 Å². The average Bonchev–Trinajstić information content (AvgIpc) is 3.30. The van der Waals surface area contributed by atoms with Gasteiger partial charge in [-0.1, -0.05) is 12.1 Å². The molecular weight excluding hydrogens is 395 g/mol. The molecule has 0 heterocycles. The van der Waals surface area contributed by atoms with Crippen LogP contribution in [-0.4, -0.2) is 32.1 Å². The van der Waals surface area contributed by atoms with Crippen LogP contribution in [0.15, 0.2) is 29.3 Å². The van der Waals surface area contributed by atoms with E-state index in [1.807, 2.05) is 18.2 Å². The third-order valence-corrected chi connectivity index (χ3v) is 3.22. The second-order valence-electron chi connectivity index (χ2n) is 5.15. The number of guanidine groups is 1. The Labute approximate surface area is 147 Å². The number of aliphatic imine (C=N–C) groups is 1. The SMILES string of the molecule is CN=C(NCc1cccc(OCC(N)=O)c1)NCC1CC1.I. The van der Waals surface area contributed by atoms with Crippen molar-refractivity contribution < 1.29 is 9.53 Å². The van der Waals surface area contributed by atoms with E-state index in [9.17, 15) is 4.79 Å². The molecule has 4 N–H and O–H groups in total. The minimum Gasteiger partial charge on any atom is -0.484 e. The summed E-state index contributed by atoms with van der Waals surface area (Å²) in [6.45, 7) is 1.50. The van der Waals surface area contributed by atoms with Crippen LogP contribution in [0, 0.1) is 5.92 Å². The van der Waals surface area contributed by atoms with E-state index in [2.05, 4.69) is 15.6 Å². The van der Waals surface area contributed by atoms with Gasteiger partial charge in [0.05, 0.1) is 0 Å². The molecule has 0 aromatic heterocycles. The molecule has 0 aliphatic heterocycles. The van der Waals surface area contributed by atoms with Gasteiger partial charge in [-0.05, 0) is 36.5 Å². The molecule has 0 atom stereocenters. The lowest BCUT2D eigenvalue weighted by Crippen LogP contribution is -2.37. The highest BCUT2D eigenvalue weighted by atomic mass is 127. The molecule has 1 aliphatic rings. The van der Waals surface area contributed by atoms with E-state index in [1.165, 1.54) is 12.8 Å². The Bertz CT molecular complexity index is 518. The zero-order valence-corrected chi connectivity index (χ0v) is 15.0. The molecule has 7 heteroatoms. The minimum atomic E-state index is -0.483. The maximum absolute atomic E-state index is 10.7. The summed E-state index contributed by atoms with van der Waals surface area (Å²) in [7, 11) is 1.76. The summed E-state index contributed by atoms with van der Waals surface area (Å²) < 4.78 is 5.28. The molecular formula is C15H23IN4O2. The predicted octanol–water partition coefficient (Wildman–Crippen LogP) is 1.24. The Kier molecular flexibility index (Phi) is 8.00. The van der Waals surface area contributed by atoms with Crippen molar-refractivity contribution in [3.8, 4) is 5.75 Å². The van der Waals surface area contributed by atoms with Crippen LogP contribution in [0.3, 0.4) is 0 Å². The highest BCUT2D eigenvalue weighted by Gasteiger charge is 2.20. The molecule has 1 aliphatic carbocycles. The van der Waals surface area contributed by atoms with Crippen LogP contribution in [0.4, 0.5) is 0 Å². The van der Waals surface area contributed by atoms with E-state index in [1.54, 1.807) is 13.1 Å². The number of halogens is 1. The second kappa shape index (κ2) is 9.50. The van der Waals surface area contributed by atoms with Crippen LogP contribution in [0.1, 0.15) is 18.4 Å². The summed E-state index contributed by atoms with van der Waals surface area (Å²) in [4.78, 5) is 14.9. The van der Waals surface area contributed by atoms with Crippen LogP contribution >= 0.6 is 24.0 Å². The molecule has 1 aromatic carbocycles. The normalized spacial score (nSPS) is 14.0. The number of carbonyl (C=O) groups is 1. The van der Waals surface area contributed by atoms with Gasteiger partial charge in [-0.15, -0.1) is 24.0 Å². The van der Waals surface area contributed by atoms with Gasteiger partial charge in [-0.2, -0.15) is 0 Å². The number of nitrogens with zero attached hydrogens (tertiary/aromatic N) is 1. The maximum Gasteiger partial charge on any atom is 0.255 e. The van der Waals surface area contributed by atoms with Crippen LogP contribution < -0.4 is 21.1 Å². The lowest BCUT2D eigenvalue weighted by atomic mass is 10.2. The number of benzene rings is 1. The lowest BCUT2D eigenvalue weighted by Gasteiger charge is -2.12. The topological polar surface area (TPSA) is 88.7 Å². The number of primary amides is 1. The Morgan fingerprint density at radius 3 is 2.82 bits per heavy atom.